The molecule has 1 aromatic carbocycles. The summed E-state index contributed by atoms with van der Waals surface area (Å²) in [5.74, 6) is -0.0167. The number of rotatable bonds is 3. The molecule has 9 heteroatoms. The first-order valence-electron chi connectivity index (χ1n) is 4.72. The summed E-state index contributed by atoms with van der Waals surface area (Å²) in [6.07, 6.45) is 0.981. The number of fused-ring (bicyclic) bond motifs is 1. The highest BCUT2D eigenvalue weighted by atomic mass is 35.7. The smallest absolute Gasteiger partial charge is 0.236 e. The summed E-state index contributed by atoms with van der Waals surface area (Å²) in [5, 5.41) is 0. The largest absolute Gasteiger partial charge is 0.454 e. The van der Waals surface area contributed by atoms with E-state index in [2.05, 4.69) is 0 Å². The van der Waals surface area contributed by atoms with Crippen LogP contribution < -0.4 is 9.47 Å². The fourth-order valence-electron chi connectivity index (χ4n) is 1.61. The summed E-state index contributed by atoms with van der Waals surface area (Å²) in [5.41, 5.74) is 0.0664. The van der Waals surface area contributed by atoms with Gasteiger partial charge in [-0.05, 0) is 11.6 Å². The lowest BCUT2D eigenvalue weighted by atomic mass is 10.2. The molecule has 0 saturated heterocycles. The molecule has 0 fully saturated rings. The van der Waals surface area contributed by atoms with E-state index in [-0.39, 0.29) is 23.0 Å². The molecule has 0 unspecified atom stereocenters. The number of ether oxygens (including phenoxy) is 2. The molecule has 1 aliphatic rings. The molecule has 6 nitrogen and oxygen atoms in total. The third-order valence-corrected chi connectivity index (χ3v) is 4.45. The van der Waals surface area contributed by atoms with E-state index in [1.807, 2.05) is 0 Å². The first-order valence-corrected chi connectivity index (χ1v) is 9.09. The first kappa shape index (κ1) is 13.4. The number of benzene rings is 1. The van der Waals surface area contributed by atoms with Crippen molar-refractivity contribution < 1.29 is 26.3 Å². The minimum absolute atomic E-state index is 0.0321. The summed E-state index contributed by atoms with van der Waals surface area (Å²) in [7, 11) is -2.31. The quantitative estimate of drug-likeness (QED) is 0.770. The van der Waals surface area contributed by atoms with Crippen molar-refractivity contribution in [1.29, 1.82) is 0 Å². The van der Waals surface area contributed by atoms with Crippen LogP contribution in [0.3, 0.4) is 0 Å². The fraction of sp³-hybridized carbons (Fsp3) is 0.333. The van der Waals surface area contributed by atoms with Crippen LogP contribution in [0.2, 0.25) is 0 Å². The van der Waals surface area contributed by atoms with Crippen molar-refractivity contribution in [2.75, 3.05) is 13.0 Å². The molecule has 0 aliphatic carbocycles. The van der Waals surface area contributed by atoms with E-state index in [0.717, 1.165) is 6.26 Å². The zero-order valence-electron chi connectivity index (χ0n) is 9.21. The van der Waals surface area contributed by atoms with Gasteiger partial charge in [0.2, 0.25) is 15.8 Å². The minimum Gasteiger partial charge on any atom is -0.454 e. The van der Waals surface area contributed by atoms with Crippen LogP contribution in [0, 0.1) is 0 Å². The molecule has 0 radical (unpaired) electrons. The van der Waals surface area contributed by atoms with Crippen LogP contribution in [-0.4, -0.2) is 29.9 Å². The Kier molecular flexibility index (Phi) is 3.20. The number of halogens is 1. The highest BCUT2D eigenvalue weighted by Crippen LogP contribution is 2.37. The summed E-state index contributed by atoms with van der Waals surface area (Å²) in [4.78, 5) is -0.129. The van der Waals surface area contributed by atoms with Crippen molar-refractivity contribution in [1.82, 2.24) is 0 Å². The van der Waals surface area contributed by atoms with E-state index in [9.17, 15) is 16.8 Å². The highest BCUT2D eigenvalue weighted by molar-refractivity contribution is 8.13. The Morgan fingerprint density at radius 2 is 1.72 bits per heavy atom. The maximum absolute atomic E-state index is 11.6. The van der Waals surface area contributed by atoms with Crippen molar-refractivity contribution in [2.45, 2.75) is 10.6 Å². The topological polar surface area (TPSA) is 86.7 Å². The van der Waals surface area contributed by atoms with Gasteiger partial charge in [-0.2, -0.15) is 0 Å². The zero-order valence-corrected chi connectivity index (χ0v) is 11.6. The van der Waals surface area contributed by atoms with Crippen LogP contribution >= 0.6 is 10.7 Å². The first-order chi connectivity index (χ1) is 8.17. The zero-order chi connectivity index (χ0) is 13.6. The van der Waals surface area contributed by atoms with Crippen LogP contribution in [-0.2, 0) is 24.6 Å². The second kappa shape index (κ2) is 4.29. The van der Waals surface area contributed by atoms with Gasteiger partial charge in [0.1, 0.15) is 0 Å². The molecule has 0 bridgehead atoms. The SMILES string of the molecule is CS(=O)(=O)c1cc2c(cc1CS(=O)(=O)Cl)OCO2. The van der Waals surface area contributed by atoms with E-state index >= 15 is 0 Å². The van der Waals surface area contributed by atoms with Gasteiger partial charge in [0.25, 0.3) is 0 Å². The van der Waals surface area contributed by atoms with E-state index in [4.69, 9.17) is 20.2 Å². The molecular weight excluding hydrogens is 304 g/mol. The Morgan fingerprint density at radius 1 is 1.17 bits per heavy atom. The normalized spacial score (nSPS) is 14.8. The Bertz CT molecular complexity index is 692. The lowest BCUT2D eigenvalue weighted by molar-refractivity contribution is 0.174. The molecule has 1 aliphatic heterocycles. The van der Waals surface area contributed by atoms with Gasteiger partial charge in [0.05, 0.1) is 10.6 Å². The molecule has 18 heavy (non-hydrogen) atoms. The minimum atomic E-state index is -3.87. The summed E-state index contributed by atoms with van der Waals surface area (Å²) in [6.45, 7) is -0.0321. The van der Waals surface area contributed by atoms with Gasteiger partial charge in [0.15, 0.2) is 21.3 Å². The van der Waals surface area contributed by atoms with E-state index < -0.39 is 24.6 Å². The van der Waals surface area contributed by atoms with E-state index in [1.54, 1.807) is 0 Å². The standard InChI is InChI=1S/C9H9ClO6S2/c1-17(11,12)9-3-8-7(15-5-16-8)2-6(9)4-18(10,13)14/h2-3H,4-5H2,1H3. The van der Waals surface area contributed by atoms with Crippen molar-refractivity contribution >= 4 is 29.6 Å². The molecule has 0 N–H and O–H groups in total. The van der Waals surface area contributed by atoms with Gasteiger partial charge in [-0.25, -0.2) is 16.8 Å². The Balaban J connectivity index is 2.63. The average Bonchev–Trinajstić information content (AvgIpc) is 2.58. The molecule has 1 heterocycles. The van der Waals surface area contributed by atoms with Crippen molar-refractivity contribution in [3.63, 3.8) is 0 Å². The molecule has 1 aromatic rings. The summed E-state index contributed by atoms with van der Waals surface area (Å²) >= 11 is 0. The van der Waals surface area contributed by atoms with Crippen LogP contribution in [0.1, 0.15) is 5.56 Å². The predicted octanol–water partition coefficient (Wildman–Crippen LogP) is 0.887. The van der Waals surface area contributed by atoms with Crippen LogP contribution in [0.25, 0.3) is 0 Å². The van der Waals surface area contributed by atoms with E-state index in [1.165, 1.54) is 12.1 Å². The maximum Gasteiger partial charge on any atom is 0.236 e. The van der Waals surface area contributed by atoms with Crippen LogP contribution in [0.15, 0.2) is 17.0 Å². The second-order valence-corrected chi connectivity index (χ2v) is 8.53. The number of sulfone groups is 1. The van der Waals surface area contributed by atoms with Crippen molar-refractivity contribution in [3.8, 4) is 11.5 Å². The Labute approximate surface area is 109 Å². The third kappa shape index (κ3) is 2.88. The van der Waals surface area contributed by atoms with E-state index in [0.29, 0.717) is 5.75 Å². The second-order valence-electron chi connectivity index (χ2n) is 3.77. The number of hydrogen-bond acceptors (Lipinski definition) is 6. The maximum atomic E-state index is 11.6. The molecule has 0 amide bonds. The molecular formula is C9H9ClO6S2. The van der Waals surface area contributed by atoms with Gasteiger partial charge >= 0.3 is 0 Å². The summed E-state index contributed by atoms with van der Waals surface area (Å²) < 4.78 is 55.5. The van der Waals surface area contributed by atoms with Gasteiger partial charge in [-0.15, -0.1) is 0 Å². The Hall–Kier alpha value is -0.990. The van der Waals surface area contributed by atoms with Crippen LogP contribution in [0.5, 0.6) is 11.5 Å². The monoisotopic (exact) mass is 312 g/mol. The van der Waals surface area contributed by atoms with Crippen molar-refractivity contribution in [3.05, 3.63) is 17.7 Å². The van der Waals surface area contributed by atoms with Crippen LogP contribution in [0.4, 0.5) is 0 Å². The molecule has 0 saturated carbocycles. The molecule has 2 rings (SSSR count). The van der Waals surface area contributed by atoms with Gasteiger partial charge in [-0.1, -0.05) is 0 Å². The molecule has 0 aromatic heterocycles. The highest BCUT2D eigenvalue weighted by Gasteiger charge is 2.24. The fourth-order valence-corrected chi connectivity index (χ4v) is 3.59. The van der Waals surface area contributed by atoms with Gasteiger partial charge in [-0.3, -0.25) is 0 Å². The van der Waals surface area contributed by atoms with Crippen molar-refractivity contribution in [2.24, 2.45) is 0 Å². The third-order valence-electron chi connectivity index (χ3n) is 2.28. The average molecular weight is 313 g/mol. The van der Waals surface area contributed by atoms with Gasteiger partial charge < -0.3 is 9.47 Å². The lowest BCUT2D eigenvalue weighted by Gasteiger charge is -2.08. The molecule has 0 atom stereocenters. The number of hydrogen-bond donors (Lipinski definition) is 0. The Morgan fingerprint density at radius 3 is 2.22 bits per heavy atom. The lowest BCUT2D eigenvalue weighted by Crippen LogP contribution is -2.05. The molecule has 0 spiro atoms. The molecule has 100 valence electrons. The summed E-state index contributed by atoms with van der Waals surface area (Å²) in [6, 6.07) is 2.56. The predicted molar refractivity (Wildman–Crippen MR) is 64.2 cm³/mol. The van der Waals surface area contributed by atoms with Gasteiger partial charge in [0, 0.05) is 23.0 Å².